The van der Waals surface area contributed by atoms with E-state index in [1.165, 1.54) is 64.2 Å². The first-order chi connectivity index (χ1) is 32.0. The second-order valence-electron chi connectivity index (χ2n) is 17.1. The van der Waals surface area contributed by atoms with Gasteiger partial charge in [0, 0.05) is 19.3 Å². The lowest BCUT2D eigenvalue weighted by molar-refractivity contribution is -0.167. The van der Waals surface area contributed by atoms with Crippen LogP contribution in [0.15, 0.2) is 109 Å². The lowest BCUT2D eigenvalue weighted by atomic mass is 10.0. The largest absolute Gasteiger partial charge is 0.462 e. The minimum Gasteiger partial charge on any atom is -0.462 e. The zero-order chi connectivity index (χ0) is 47.2. The molecule has 0 heterocycles. The zero-order valence-corrected chi connectivity index (χ0v) is 42.0. The molecule has 0 aromatic carbocycles. The number of hydrogen-bond donors (Lipinski definition) is 0. The maximum atomic E-state index is 12.8. The fourth-order valence-electron chi connectivity index (χ4n) is 6.95. The third-order valence-corrected chi connectivity index (χ3v) is 10.9. The third-order valence-electron chi connectivity index (χ3n) is 10.9. The summed E-state index contributed by atoms with van der Waals surface area (Å²) in [5, 5.41) is 0. The molecule has 0 aromatic heterocycles. The molecule has 1 unspecified atom stereocenters. The number of esters is 3. The van der Waals surface area contributed by atoms with Crippen LogP contribution >= 0.6 is 0 Å². The molecule has 6 nitrogen and oxygen atoms in total. The van der Waals surface area contributed by atoms with Crippen molar-refractivity contribution in [3.8, 4) is 0 Å². The lowest BCUT2D eigenvalue weighted by Crippen LogP contribution is -2.30. The van der Waals surface area contributed by atoms with Crippen LogP contribution in [0, 0.1) is 0 Å². The molecule has 6 heteroatoms. The average Bonchev–Trinajstić information content (AvgIpc) is 3.30. The van der Waals surface area contributed by atoms with E-state index in [0.717, 1.165) is 122 Å². The molecule has 0 amide bonds. The van der Waals surface area contributed by atoms with Gasteiger partial charge < -0.3 is 14.2 Å². The standard InChI is InChI=1S/C59H96O6/c1-4-7-10-13-16-19-22-25-27-28-29-30-32-34-37-40-43-46-49-52-58(61)64-55-56(54-63-57(60)51-48-45-42-39-36-33-24-21-18-15-12-9-6-3)65-59(62)53-50-47-44-41-38-35-31-26-23-20-17-14-11-8-5-2/h7-8,10-11,14,16-17,19-20,23,25-27,29-31,34,37,56H,4-6,9,12-13,15,18,21-22,24,28,32-33,35-36,38-55H2,1-3H3/b10-7-,11-8-,17-14-,19-16-,23-20-,27-25-,30-29-,31-26-,37-34-. The van der Waals surface area contributed by atoms with E-state index < -0.39 is 6.10 Å². The van der Waals surface area contributed by atoms with E-state index in [9.17, 15) is 14.4 Å². The SMILES string of the molecule is CC\C=C/C=C\C=C/C=C\CCCCCCCC(=O)OC(COC(=O)CCCCC/C=C\C/C=C\C/C=C\C/C=C\C/C=C\CC)COC(=O)CCCCCCCCCCCCCCC. The number of carbonyl (C=O) groups excluding carboxylic acids is 3. The monoisotopic (exact) mass is 901 g/mol. The molecule has 0 aliphatic carbocycles. The highest BCUT2D eigenvalue weighted by atomic mass is 16.6. The van der Waals surface area contributed by atoms with E-state index >= 15 is 0 Å². The first kappa shape index (κ1) is 61.1. The molecule has 368 valence electrons. The maximum Gasteiger partial charge on any atom is 0.306 e. The molecule has 1 atom stereocenters. The van der Waals surface area contributed by atoms with Crippen LogP contribution in [0.1, 0.15) is 226 Å². The van der Waals surface area contributed by atoms with Crippen molar-refractivity contribution in [2.75, 3.05) is 13.2 Å². The van der Waals surface area contributed by atoms with Gasteiger partial charge in [-0.3, -0.25) is 14.4 Å². The molecule has 0 spiro atoms. The Balaban J connectivity index is 4.49. The Morgan fingerprint density at radius 3 is 1.14 bits per heavy atom. The summed E-state index contributed by atoms with van der Waals surface area (Å²) in [5.41, 5.74) is 0. The fourth-order valence-corrected chi connectivity index (χ4v) is 6.95. The van der Waals surface area contributed by atoms with Crippen LogP contribution in [-0.4, -0.2) is 37.2 Å². The van der Waals surface area contributed by atoms with Crippen molar-refractivity contribution in [3.63, 3.8) is 0 Å². The smallest absolute Gasteiger partial charge is 0.306 e. The molecule has 0 bridgehead atoms. The average molecular weight is 901 g/mol. The molecule has 0 fully saturated rings. The van der Waals surface area contributed by atoms with Crippen molar-refractivity contribution in [3.05, 3.63) is 109 Å². The van der Waals surface area contributed by atoms with Crippen LogP contribution in [-0.2, 0) is 28.6 Å². The summed E-state index contributed by atoms with van der Waals surface area (Å²) in [6, 6.07) is 0. The van der Waals surface area contributed by atoms with E-state index in [-0.39, 0.29) is 31.1 Å². The Morgan fingerprint density at radius 1 is 0.338 bits per heavy atom. The van der Waals surface area contributed by atoms with Crippen LogP contribution in [0.4, 0.5) is 0 Å². The van der Waals surface area contributed by atoms with Crippen molar-refractivity contribution in [1.82, 2.24) is 0 Å². The maximum absolute atomic E-state index is 12.8. The summed E-state index contributed by atoms with van der Waals surface area (Å²) in [4.78, 5) is 38.0. The minimum atomic E-state index is -0.804. The molecular weight excluding hydrogens is 805 g/mol. The molecule has 0 aliphatic rings. The number of rotatable bonds is 46. The molecule has 0 aliphatic heterocycles. The van der Waals surface area contributed by atoms with Gasteiger partial charge in [0.1, 0.15) is 13.2 Å². The predicted octanol–water partition coefficient (Wildman–Crippen LogP) is 17.5. The van der Waals surface area contributed by atoms with Gasteiger partial charge in [0.05, 0.1) is 0 Å². The first-order valence-corrected chi connectivity index (χ1v) is 26.4. The molecule has 0 aromatic rings. The van der Waals surface area contributed by atoms with Gasteiger partial charge in [0.25, 0.3) is 0 Å². The quantitative estimate of drug-likeness (QED) is 0.0199. The lowest BCUT2D eigenvalue weighted by Gasteiger charge is -2.18. The van der Waals surface area contributed by atoms with Crippen LogP contribution in [0.25, 0.3) is 0 Å². The van der Waals surface area contributed by atoms with Crippen LogP contribution in [0.2, 0.25) is 0 Å². The highest BCUT2D eigenvalue weighted by Crippen LogP contribution is 2.14. The number of unbranched alkanes of at least 4 members (excludes halogenated alkanes) is 20. The van der Waals surface area contributed by atoms with E-state index in [1.807, 2.05) is 24.3 Å². The molecule has 0 N–H and O–H groups in total. The van der Waals surface area contributed by atoms with Gasteiger partial charge in [0.15, 0.2) is 6.10 Å². The number of ether oxygens (including phenoxy) is 3. The Kier molecular flexibility index (Phi) is 49.5. The number of allylic oxidation sites excluding steroid dienone is 18. The topological polar surface area (TPSA) is 78.9 Å². The van der Waals surface area contributed by atoms with Crippen molar-refractivity contribution in [1.29, 1.82) is 0 Å². The van der Waals surface area contributed by atoms with Crippen molar-refractivity contribution < 1.29 is 28.6 Å². The second-order valence-corrected chi connectivity index (χ2v) is 17.1. The Bertz CT molecular complexity index is 1360. The summed E-state index contributed by atoms with van der Waals surface area (Å²) >= 11 is 0. The van der Waals surface area contributed by atoms with Crippen molar-refractivity contribution >= 4 is 17.9 Å². The normalized spacial score (nSPS) is 13.0. The second kappa shape index (κ2) is 52.7. The fraction of sp³-hybridized carbons (Fsp3) is 0.644. The van der Waals surface area contributed by atoms with Crippen LogP contribution < -0.4 is 0 Å². The summed E-state index contributed by atoms with van der Waals surface area (Å²) in [5.74, 6) is -0.958. The van der Waals surface area contributed by atoms with Gasteiger partial charge in [-0.15, -0.1) is 0 Å². The van der Waals surface area contributed by atoms with Gasteiger partial charge in [-0.05, 0) is 83.5 Å². The summed E-state index contributed by atoms with van der Waals surface area (Å²) in [6.07, 6.45) is 70.7. The van der Waals surface area contributed by atoms with Gasteiger partial charge in [-0.2, -0.15) is 0 Å². The summed E-state index contributed by atoms with van der Waals surface area (Å²) < 4.78 is 16.8. The minimum absolute atomic E-state index is 0.0988. The summed E-state index contributed by atoms with van der Waals surface area (Å²) in [6.45, 7) is 6.33. The number of carbonyl (C=O) groups is 3. The van der Waals surface area contributed by atoms with E-state index in [0.29, 0.717) is 19.3 Å². The highest BCUT2D eigenvalue weighted by Gasteiger charge is 2.19. The predicted molar refractivity (Wildman–Crippen MR) is 279 cm³/mol. The van der Waals surface area contributed by atoms with Gasteiger partial charge >= 0.3 is 17.9 Å². The highest BCUT2D eigenvalue weighted by molar-refractivity contribution is 5.71. The van der Waals surface area contributed by atoms with Crippen molar-refractivity contribution in [2.24, 2.45) is 0 Å². The van der Waals surface area contributed by atoms with E-state index in [4.69, 9.17) is 14.2 Å². The number of hydrogen-bond acceptors (Lipinski definition) is 6. The summed E-state index contributed by atoms with van der Waals surface area (Å²) in [7, 11) is 0. The molecule has 0 rings (SSSR count). The van der Waals surface area contributed by atoms with Gasteiger partial charge in [-0.1, -0.05) is 233 Å². The molecular formula is C59H96O6. The first-order valence-electron chi connectivity index (χ1n) is 26.4. The van der Waals surface area contributed by atoms with Gasteiger partial charge in [0.2, 0.25) is 0 Å². The van der Waals surface area contributed by atoms with Crippen LogP contribution in [0.5, 0.6) is 0 Å². The Morgan fingerprint density at radius 2 is 0.677 bits per heavy atom. The molecule has 0 radical (unpaired) electrons. The third kappa shape index (κ3) is 50.9. The van der Waals surface area contributed by atoms with Crippen LogP contribution in [0.3, 0.4) is 0 Å². The molecule has 0 saturated carbocycles. The molecule has 0 saturated heterocycles. The zero-order valence-electron chi connectivity index (χ0n) is 42.0. The Hall–Kier alpha value is -3.93. The molecule has 65 heavy (non-hydrogen) atoms. The Labute approximate surface area is 400 Å². The van der Waals surface area contributed by atoms with Gasteiger partial charge in [-0.25, -0.2) is 0 Å². The van der Waals surface area contributed by atoms with E-state index in [1.54, 1.807) is 0 Å². The van der Waals surface area contributed by atoms with Crippen molar-refractivity contribution in [2.45, 2.75) is 232 Å². The van der Waals surface area contributed by atoms with E-state index in [2.05, 4.69) is 106 Å².